The van der Waals surface area contributed by atoms with Gasteiger partial charge in [0.25, 0.3) is 5.91 Å². The summed E-state index contributed by atoms with van der Waals surface area (Å²) in [5.41, 5.74) is 11.2. The van der Waals surface area contributed by atoms with Crippen LogP contribution in [-0.2, 0) is 0 Å². The van der Waals surface area contributed by atoms with E-state index in [1.165, 1.54) is 0 Å². The molecule has 1 amide bonds. The zero-order valence-corrected chi connectivity index (χ0v) is 9.31. The number of rotatable bonds is 3. The van der Waals surface area contributed by atoms with Crippen LogP contribution >= 0.6 is 11.3 Å². The van der Waals surface area contributed by atoms with E-state index in [0.717, 1.165) is 11.3 Å². The molecule has 0 unspecified atom stereocenters. The molecular weight excluding hydrogens is 212 g/mol. The topological polar surface area (TPSA) is 105 Å². The van der Waals surface area contributed by atoms with Crippen molar-refractivity contribution in [1.29, 1.82) is 5.26 Å². The lowest BCUT2D eigenvalue weighted by Crippen LogP contribution is -2.10. The minimum Gasteiger partial charge on any atom is -0.396 e. The van der Waals surface area contributed by atoms with E-state index in [1.54, 1.807) is 0 Å². The van der Waals surface area contributed by atoms with E-state index in [9.17, 15) is 4.79 Å². The molecule has 0 aliphatic heterocycles. The van der Waals surface area contributed by atoms with Gasteiger partial charge in [-0.15, -0.1) is 11.3 Å². The van der Waals surface area contributed by atoms with Crippen LogP contribution in [0.2, 0.25) is 0 Å². The number of amides is 1. The van der Waals surface area contributed by atoms with Gasteiger partial charge >= 0.3 is 0 Å². The zero-order chi connectivity index (χ0) is 11.6. The van der Waals surface area contributed by atoms with Crippen LogP contribution in [0.5, 0.6) is 0 Å². The first kappa shape index (κ1) is 11.3. The van der Waals surface area contributed by atoms with Gasteiger partial charge in [-0.3, -0.25) is 4.79 Å². The molecule has 0 fully saturated rings. The number of hydrogen-bond acceptors (Lipinski definition) is 5. The van der Waals surface area contributed by atoms with Gasteiger partial charge in [0, 0.05) is 6.04 Å². The van der Waals surface area contributed by atoms with Crippen LogP contribution in [0.15, 0.2) is 0 Å². The summed E-state index contributed by atoms with van der Waals surface area (Å²) in [7, 11) is 0. The minimum absolute atomic E-state index is 0.163. The van der Waals surface area contributed by atoms with Crippen molar-refractivity contribution in [3.63, 3.8) is 0 Å². The summed E-state index contributed by atoms with van der Waals surface area (Å²) < 4.78 is 0. The first-order chi connectivity index (χ1) is 6.97. The van der Waals surface area contributed by atoms with Gasteiger partial charge in [0.2, 0.25) is 0 Å². The highest BCUT2D eigenvalue weighted by Gasteiger charge is 2.19. The predicted molar refractivity (Wildman–Crippen MR) is 60.7 cm³/mol. The highest BCUT2D eigenvalue weighted by atomic mass is 32.1. The molecule has 0 saturated carbocycles. The van der Waals surface area contributed by atoms with Crippen molar-refractivity contribution in [2.45, 2.75) is 19.9 Å². The summed E-state index contributed by atoms with van der Waals surface area (Å²) in [4.78, 5) is 11.2. The van der Waals surface area contributed by atoms with Gasteiger partial charge in [-0.1, -0.05) is 0 Å². The minimum atomic E-state index is -0.606. The normalized spacial score (nSPS) is 10.0. The lowest BCUT2D eigenvalue weighted by molar-refractivity contribution is 0.100. The molecule has 0 aliphatic carbocycles. The van der Waals surface area contributed by atoms with E-state index in [1.807, 2.05) is 19.9 Å². The van der Waals surface area contributed by atoms with Crippen molar-refractivity contribution in [1.82, 2.24) is 0 Å². The number of nitriles is 1. The molecule has 0 bridgehead atoms. The Kier molecular flexibility index (Phi) is 3.17. The monoisotopic (exact) mass is 224 g/mol. The number of carbonyl (C=O) groups excluding carboxylic acids is 1. The Morgan fingerprint density at radius 3 is 2.60 bits per heavy atom. The molecule has 5 N–H and O–H groups in total. The zero-order valence-electron chi connectivity index (χ0n) is 8.50. The maximum Gasteiger partial charge on any atom is 0.261 e. The Balaban J connectivity index is 3.23. The quantitative estimate of drug-likeness (QED) is 0.715. The fraction of sp³-hybridized carbons (Fsp3) is 0.333. The molecule has 0 atom stereocenters. The number of primary amides is 1. The molecule has 0 saturated heterocycles. The van der Waals surface area contributed by atoms with Crippen molar-refractivity contribution in [3.05, 3.63) is 10.4 Å². The van der Waals surface area contributed by atoms with E-state index in [0.29, 0.717) is 10.6 Å². The third kappa shape index (κ3) is 2.19. The van der Waals surface area contributed by atoms with Gasteiger partial charge in [-0.2, -0.15) is 5.26 Å². The predicted octanol–water partition coefficient (Wildman–Crippen LogP) is 1.12. The van der Waals surface area contributed by atoms with Crippen LogP contribution in [0, 0.1) is 11.3 Å². The maximum absolute atomic E-state index is 11.0. The van der Waals surface area contributed by atoms with Crippen LogP contribution in [0.25, 0.3) is 0 Å². The fourth-order valence-corrected chi connectivity index (χ4v) is 2.17. The summed E-state index contributed by atoms with van der Waals surface area (Å²) >= 11 is 1.11. The van der Waals surface area contributed by atoms with Crippen LogP contribution < -0.4 is 16.8 Å². The molecule has 0 radical (unpaired) electrons. The molecule has 0 aromatic carbocycles. The Bertz CT molecular complexity index is 430. The number of nitrogens with one attached hydrogen (secondary N) is 1. The average molecular weight is 224 g/mol. The van der Waals surface area contributed by atoms with Crippen LogP contribution in [0.3, 0.4) is 0 Å². The third-order valence-corrected chi connectivity index (χ3v) is 2.85. The molecule has 1 rings (SSSR count). The van der Waals surface area contributed by atoms with E-state index in [-0.39, 0.29) is 16.6 Å². The summed E-state index contributed by atoms with van der Waals surface area (Å²) in [6.07, 6.45) is 0. The van der Waals surface area contributed by atoms with Gasteiger partial charge < -0.3 is 16.8 Å². The van der Waals surface area contributed by atoms with Crippen LogP contribution in [0.1, 0.15) is 29.1 Å². The smallest absolute Gasteiger partial charge is 0.261 e. The van der Waals surface area contributed by atoms with Crippen LogP contribution in [-0.4, -0.2) is 11.9 Å². The van der Waals surface area contributed by atoms with Crippen molar-refractivity contribution in [3.8, 4) is 6.07 Å². The standard InChI is InChI=1S/C9H12N4OS/c1-4(2)13-9-5(3-10)6(11)7(15-9)8(12)14/h4,13H,11H2,1-2H3,(H2,12,14). The van der Waals surface area contributed by atoms with Gasteiger partial charge in [-0.25, -0.2) is 0 Å². The molecule has 15 heavy (non-hydrogen) atoms. The third-order valence-electron chi connectivity index (χ3n) is 1.70. The van der Waals surface area contributed by atoms with Gasteiger partial charge in [0.15, 0.2) is 0 Å². The first-order valence-corrected chi connectivity index (χ1v) is 5.17. The molecule has 1 aromatic heterocycles. The second kappa shape index (κ2) is 4.19. The molecule has 1 heterocycles. The van der Waals surface area contributed by atoms with Crippen molar-refractivity contribution in [2.24, 2.45) is 5.73 Å². The van der Waals surface area contributed by atoms with E-state index >= 15 is 0 Å². The number of carbonyl (C=O) groups is 1. The number of hydrogen-bond donors (Lipinski definition) is 3. The second-order valence-corrected chi connectivity index (χ2v) is 4.34. The largest absolute Gasteiger partial charge is 0.396 e. The number of nitrogens with two attached hydrogens (primary N) is 2. The summed E-state index contributed by atoms with van der Waals surface area (Å²) in [5, 5.41) is 12.5. The second-order valence-electron chi connectivity index (χ2n) is 3.32. The van der Waals surface area contributed by atoms with Crippen molar-refractivity contribution in [2.75, 3.05) is 11.1 Å². The lowest BCUT2D eigenvalue weighted by atomic mass is 10.2. The van der Waals surface area contributed by atoms with Gasteiger partial charge in [0.1, 0.15) is 21.5 Å². The average Bonchev–Trinajstić information content (AvgIpc) is 2.41. The summed E-state index contributed by atoms with van der Waals surface area (Å²) in [5.74, 6) is -0.606. The molecule has 0 aliphatic rings. The number of thiophene rings is 1. The summed E-state index contributed by atoms with van der Waals surface area (Å²) in [6.45, 7) is 3.86. The number of nitrogens with zero attached hydrogens (tertiary/aromatic N) is 1. The first-order valence-electron chi connectivity index (χ1n) is 4.36. The SMILES string of the molecule is CC(C)Nc1sc(C(N)=O)c(N)c1C#N. The Labute approximate surface area is 91.7 Å². The highest BCUT2D eigenvalue weighted by Crippen LogP contribution is 2.35. The highest BCUT2D eigenvalue weighted by molar-refractivity contribution is 7.18. The number of anilines is 2. The number of nitrogen functional groups attached to an aromatic ring is 1. The van der Waals surface area contributed by atoms with E-state index in [4.69, 9.17) is 16.7 Å². The van der Waals surface area contributed by atoms with Crippen LogP contribution in [0.4, 0.5) is 10.7 Å². The Morgan fingerprint density at radius 1 is 1.60 bits per heavy atom. The van der Waals surface area contributed by atoms with Crippen molar-refractivity contribution >= 4 is 27.9 Å². The molecule has 6 heteroatoms. The fourth-order valence-electron chi connectivity index (χ4n) is 1.10. The lowest BCUT2D eigenvalue weighted by Gasteiger charge is -2.06. The molecular formula is C9H12N4OS. The van der Waals surface area contributed by atoms with E-state index in [2.05, 4.69) is 5.32 Å². The van der Waals surface area contributed by atoms with E-state index < -0.39 is 5.91 Å². The molecule has 0 spiro atoms. The molecule has 5 nitrogen and oxygen atoms in total. The summed E-state index contributed by atoms with van der Waals surface area (Å²) in [6, 6.07) is 2.12. The Hall–Kier alpha value is -1.74. The molecule has 80 valence electrons. The maximum atomic E-state index is 11.0. The molecule has 1 aromatic rings. The van der Waals surface area contributed by atoms with Gasteiger partial charge in [-0.05, 0) is 13.8 Å². The van der Waals surface area contributed by atoms with Crippen molar-refractivity contribution < 1.29 is 4.79 Å². The van der Waals surface area contributed by atoms with Gasteiger partial charge in [0.05, 0.1) is 5.69 Å². The Morgan fingerprint density at radius 2 is 2.20 bits per heavy atom.